The summed E-state index contributed by atoms with van der Waals surface area (Å²) in [7, 11) is -3.44. The number of hydrogen-bond donors (Lipinski definition) is 1. The highest BCUT2D eigenvalue weighted by atomic mass is 79.9. The van der Waals surface area contributed by atoms with Crippen LogP contribution < -0.4 is 5.73 Å². The Morgan fingerprint density at radius 3 is 2.44 bits per heavy atom. The molecule has 0 unspecified atom stereocenters. The minimum atomic E-state index is -4.62. The Balaban J connectivity index is 3.09. The molecule has 0 aliphatic heterocycles. The molecule has 0 spiro atoms. The molecule has 0 atom stereocenters. The van der Waals surface area contributed by atoms with Crippen molar-refractivity contribution in [3.63, 3.8) is 0 Å². The highest BCUT2D eigenvalue weighted by Crippen LogP contribution is 2.29. The normalized spacial score (nSPS) is 13.3. The lowest BCUT2D eigenvalue weighted by molar-refractivity contribution is -0.134. The van der Waals surface area contributed by atoms with E-state index in [1.165, 1.54) is 0 Å². The molecule has 0 fully saturated rings. The Morgan fingerprint density at radius 1 is 1.50 bits per heavy atom. The van der Waals surface area contributed by atoms with Gasteiger partial charge in [-0.3, -0.25) is 0 Å². The second kappa shape index (κ2) is 5.19. The first-order valence-corrected chi connectivity index (χ1v) is 6.82. The van der Waals surface area contributed by atoms with Crippen LogP contribution in [0, 0.1) is 0 Å². The van der Waals surface area contributed by atoms with Gasteiger partial charge in [0, 0.05) is 13.1 Å². The number of hydrogen-bond acceptors (Lipinski definition) is 4. The van der Waals surface area contributed by atoms with Crippen molar-refractivity contribution in [3.8, 4) is 0 Å². The number of rotatable bonds is 4. The predicted octanol–water partition coefficient (Wildman–Crippen LogP) is 1.68. The summed E-state index contributed by atoms with van der Waals surface area (Å²) < 4.78 is 65.2. The van der Waals surface area contributed by atoms with Gasteiger partial charge in [-0.25, -0.2) is 8.42 Å². The third-order valence-electron chi connectivity index (χ3n) is 2.00. The van der Waals surface area contributed by atoms with E-state index < -0.39 is 22.7 Å². The first-order valence-electron chi connectivity index (χ1n) is 4.59. The van der Waals surface area contributed by atoms with Crippen LogP contribution in [0.2, 0.25) is 0 Å². The van der Waals surface area contributed by atoms with Crippen LogP contribution in [0.3, 0.4) is 0 Å². The van der Waals surface area contributed by atoms with Crippen molar-refractivity contribution in [2.24, 2.45) is 5.73 Å². The van der Waals surface area contributed by atoms with Crippen molar-refractivity contribution in [1.29, 1.82) is 0 Å². The van der Waals surface area contributed by atoms with Crippen LogP contribution >= 0.6 is 15.9 Å². The van der Waals surface area contributed by atoms with Gasteiger partial charge in [0.25, 0.3) is 0 Å². The highest BCUT2D eigenvalue weighted by molar-refractivity contribution is 9.10. The molecule has 5 nitrogen and oxygen atoms in total. The van der Waals surface area contributed by atoms with Crippen LogP contribution in [-0.2, 0) is 16.6 Å². The van der Waals surface area contributed by atoms with Crippen LogP contribution in [0.25, 0.3) is 0 Å². The van der Waals surface area contributed by atoms with E-state index in [1.54, 1.807) is 0 Å². The van der Waals surface area contributed by atoms with Gasteiger partial charge in [-0.05, 0) is 15.9 Å². The quantitative estimate of drug-likeness (QED) is 0.896. The summed E-state index contributed by atoms with van der Waals surface area (Å²) in [6.45, 7) is -1.64. The van der Waals surface area contributed by atoms with Crippen LogP contribution in [0.15, 0.2) is 20.0 Å². The molecule has 1 rings (SSSR count). The van der Waals surface area contributed by atoms with Gasteiger partial charge in [0.1, 0.15) is 17.2 Å². The van der Waals surface area contributed by atoms with E-state index in [9.17, 15) is 21.6 Å². The fourth-order valence-electron chi connectivity index (χ4n) is 1.18. The van der Waals surface area contributed by atoms with E-state index in [0.29, 0.717) is 0 Å². The summed E-state index contributed by atoms with van der Waals surface area (Å²) in [6, 6.07) is 1.09. The molecule has 0 amide bonds. The van der Waals surface area contributed by atoms with Crippen molar-refractivity contribution in [2.75, 3.05) is 13.6 Å². The molecule has 1 heterocycles. The van der Waals surface area contributed by atoms with Crippen LogP contribution in [0.4, 0.5) is 13.2 Å². The van der Waals surface area contributed by atoms with Crippen molar-refractivity contribution in [3.05, 3.63) is 16.5 Å². The Hall–Kier alpha value is -0.580. The zero-order valence-corrected chi connectivity index (χ0v) is 11.6. The number of nitrogens with zero attached hydrogens (tertiary/aromatic N) is 1. The summed E-state index contributed by atoms with van der Waals surface area (Å²) >= 11 is 2.83. The smallest absolute Gasteiger partial charge is 0.402 e. The number of furan rings is 1. The zero-order chi connectivity index (χ0) is 14.1. The standard InChI is InChI=1S/C8H10BrF3N2O3S/c1-14(4-8(10,11)12)18(15,16)6-2-5(3-13)17-7(6)9/h2H,3-4,13H2,1H3. The molecule has 0 aromatic carbocycles. The number of sulfonamides is 1. The Morgan fingerprint density at radius 2 is 2.06 bits per heavy atom. The Kier molecular flexibility index (Phi) is 4.47. The second-order valence-electron chi connectivity index (χ2n) is 3.43. The largest absolute Gasteiger partial charge is 0.452 e. The molecule has 0 aliphatic carbocycles. The summed E-state index contributed by atoms with van der Waals surface area (Å²) in [5.41, 5.74) is 5.25. The third-order valence-corrected chi connectivity index (χ3v) is 4.66. The third kappa shape index (κ3) is 3.46. The van der Waals surface area contributed by atoms with Gasteiger partial charge in [-0.15, -0.1) is 0 Å². The maximum atomic E-state index is 12.2. The summed E-state index contributed by atoms with van der Waals surface area (Å²) in [6.07, 6.45) is -4.62. The van der Waals surface area contributed by atoms with E-state index in [1.807, 2.05) is 0 Å². The minimum Gasteiger partial charge on any atom is -0.452 e. The SMILES string of the molecule is CN(CC(F)(F)F)S(=O)(=O)c1cc(CN)oc1Br. The fourth-order valence-corrected chi connectivity index (χ4v) is 3.29. The van der Waals surface area contributed by atoms with Gasteiger partial charge in [0.2, 0.25) is 10.0 Å². The van der Waals surface area contributed by atoms with Crippen molar-refractivity contribution in [2.45, 2.75) is 17.6 Å². The molecular formula is C8H10BrF3N2O3S. The highest BCUT2D eigenvalue weighted by Gasteiger charge is 2.36. The minimum absolute atomic E-state index is 0.0584. The topological polar surface area (TPSA) is 76.5 Å². The van der Waals surface area contributed by atoms with E-state index in [0.717, 1.165) is 13.1 Å². The molecule has 0 saturated heterocycles. The van der Waals surface area contributed by atoms with Gasteiger partial charge in [0.05, 0.1) is 6.54 Å². The van der Waals surface area contributed by atoms with Crippen molar-refractivity contribution >= 4 is 26.0 Å². The lowest BCUT2D eigenvalue weighted by Gasteiger charge is -2.17. The molecular weight excluding hydrogens is 341 g/mol. The average molecular weight is 351 g/mol. The van der Waals surface area contributed by atoms with Gasteiger partial charge in [0.15, 0.2) is 4.67 Å². The van der Waals surface area contributed by atoms with Gasteiger partial charge >= 0.3 is 6.18 Å². The zero-order valence-electron chi connectivity index (χ0n) is 9.16. The molecule has 2 N–H and O–H groups in total. The second-order valence-corrected chi connectivity index (χ2v) is 6.16. The lowest BCUT2D eigenvalue weighted by atomic mass is 10.5. The Labute approximate surface area is 110 Å². The van der Waals surface area contributed by atoms with Gasteiger partial charge in [-0.2, -0.15) is 17.5 Å². The summed E-state index contributed by atoms with van der Waals surface area (Å²) in [4.78, 5) is -0.380. The molecule has 0 saturated carbocycles. The van der Waals surface area contributed by atoms with Crippen LogP contribution in [0.1, 0.15) is 5.76 Å². The number of halogens is 4. The maximum absolute atomic E-state index is 12.2. The average Bonchev–Trinajstić information content (AvgIpc) is 2.57. The van der Waals surface area contributed by atoms with Gasteiger partial charge in [-0.1, -0.05) is 0 Å². The summed E-state index contributed by atoms with van der Waals surface area (Å²) in [5.74, 6) is 0.154. The van der Waals surface area contributed by atoms with Crippen molar-refractivity contribution in [1.82, 2.24) is 4.31 Å². The van der Waals surface area contributed by atoms with Gasteiger partial charge < -0.3 is 10.2 Å². The first kappa shape index (κ1) is 15.5. The molecule has 1 aromatic rings. The van der Waals surface area contributed by atoms with Crippen LogP contribution in [0.5, 0.6) is 0 Å². The number of nitrogens with two attached hydrogens (primary N) is 1. The molecule has 104 valence electrons. The fraction of sp³-hybridized carbons (Fsp3) is 0.500. The van der Waals surface area contributed by atoms with Crippen LogP contribution in [-0.4, -0.2) is 32.5 Å². The molecule has 18 heavy (non-hydrogen) atoms. The van der Waals surface area contributed by atoms with E-state index in [2.05, 4.69) is 15.9 Å². The molecule has 0 radical (unpaired) electrons. The maximum Gasteiger partial charge on any atom is 0.402 e. The summed E-state index contributed by atoms with van der Waals surface area (Å²) in [5, 5.41) is 0. The number of alkyl halides is 3. The molecule has 1 aromatic heterocycles. The monoisotopic (exact) mass is 350 g/mol. The Bertz CT molecular complexity index is 526. The molecule has 0 bridgehead atoms. The van der Waals surface area contributed by atoms with E-state index in [-0.39, 0.29) is 26.2 Å². The molecule has 10 heteroatoms. The van der Waals surface area contributed by atoms with E-state index in [4.69, 9.17) is 10.2 Å². The molecule has 0 aliphatic rings. The van der Waals surface area contributed by atoms with E-state index >= 15 is 0 Å². The first-order chi connectivity index (χ1) is 8.08. The lowest BCUT2D eigenvalue weighted by Crippen LogP contribution is -2.35. The predicted molar refractivity (Wildman–Crippen MR) is 60.2 cm³/mol. The van der Waals surface area contributed by atoms with Crippen molar-refractivity contribution < 1.29 is 26.0 Å².